The van der Waals surface area contributed by atoms with Gasteiger partial charge in [0.05, 0.1) is 5.56 Å². The van der Waals surface area contributed by atoms with E-state index in [4.69, 9.17) is 0 Å². The fraction of sp³-hybridized carbons (Fsp3) is 0.150. The van der Waals surface area contributed by atoms with E-state index in [1.807, 2.05) is 19.9 Å². The van der Waals surface area contributed by atoms with Crippen molar-refractivity contribution in [3.63, 3.8) is 0 Å². The number of aromatic hydroxyl groups is 3. The molecule has 0 saturated heterocycles. The van der Waals surface area contributed by atoms with Crippen molar-refractivity contribution in [2.75, 3.05) is 0 Å². The molecule has 0 radical (unpaired) electrons. The third-order valence-corrected chi connectivity index (χ3v) is 3.51. The quantitative estimate of drug-likeness (QED) is 0.437. The standard InChI is InChI=1S/C20H20O4/c1-13(2)3-7-15-11-17(20(24)12-19(15)23)18(22)10-6-14-4-8-16(21)9-5-14/h3-6,8-12,21,23-24H,7H2,1-2H3. The maximum Gasteiger partial charge on any atom is 0.189 e. The van der Waals surface area contributed by atoms with Gasteiger partial charge in [-0.1, -0.05) is 29.9 Å². The summed E-state index contributed by atoms with van der Waals surface area (Å²) < 4.78 is 0. The molecule has 0 aliphatic carbocycles. The molecular formula is C20H20O4. The van der Waals surface area contributed by atoms with Crippen LogP contribution in [-0.4, -0.2) is 21.1 Å². The largest absolute Gasteiger partial charge is 0.508 e. The van der Waals surface area contributed by atoms with E-state index in [-0.39, 0.29) is 28.6 Å². The van der Waals surface area contributed by atoms with E-state index in [2.05, 4.69) is 0 Å². The number of phenols is 3. The first-order chi connectivity index (χ1) is 11.4. The highest BCUT2D eigenvalue weighted by Gasteiger charge is 2.13. The van der Waals surface area contributed by atoms with Crippen molar-refractivity contribution in [2.45, 2.75) is 20.3 Å². The lowest BCUT2D eigenvalue weighted by molar-refractivity contribution is 0.104. The van der Waals surface area contributed by atoms with E-state index in [0.29, 0.717) is 12.0 Å². The van der Waals surface area contributed by atoms with E-state index in [1.165, 1.54) is 30.3 Å². The second kappa shape index (κ2) is 7.51. The SMILES string of the molecule is CC(C)=CCc1cc(C(=O)C=Cc2ccc(O)cc2)c(O)cc1O. The van der Waals surface area contributed by atoms with Gasteiger partial charge in [0.1, 0.15) is 17.2 Å². The van der Waals surface area contributed by atoms with Crippen LogP contribution in [0, 0.1) is 0 Å². The van der Waals surface area contributed by atoms with Crippen molar-refractivity contribution in [1.29, 1.82) is 0 Å². The Balaban J connectivity index is 2.26. The van der Waals surface area contributed by atoms with Crippen LogP contribution in [0.15, 0.2) is 54.1 Å². The Labute approximate surface area is 141 Å². The fourth-order valence-electron chi connectivity index (χ4n) is 2.14. The first-order valence-corrected chi connectivity index (χ1v) is 7.56. The van der Waals surface area contributed by atoms with Crippen LogP contribution in [0.25, 0.3) is 6.08 Å². The summed E-state index contributed by atoms with van der Waals surface area (Å²) in [5.74, 6) is -0.504. The van der Waals surface area contributed by atoms with Crippen molar-refractivity contribution < 1.29 is 20.1 Å². The minimum Gasteiger partial charge on any atom is -0.508 e. The molecule has 2 aromatic carbocycles. The normalized spacial score (nSPS) is 10.8. The third-order valence-electron chi connectivity index (χ3n) is 3.51. The van der Waals surface area contributed by atoms with Gasteiger partial charge in [-0.2, -0.15) is 0 Å². The zero-order valence-electron chi connectivity index (χ0n) is 13.7. The predicted octanol–water partition coefficient (Wildman–Crippen LogP) is 4.21. The van der Waals surface area contributed by atoms with E-state index in [1.54, 1.807) is 18.2 Å². The molecular weight excluding hydrogens is 304 g/mol. The summed E-state index contributed by atoms with van der Waals surface area (Å²) in [5.41, 5.74) is 2.57. The Bertz CT molecular complexity index is 795. The third kappa shape index (κ3) is 4.49. The van der Waals surface area contributed by atoms with Crippen molar-refractivity contribution in [1.82, 2.24) is 0 Å². The molecule has 2 aromatic rings. The molecule has 0 atom stereocenters. The number of rotatable bonds is 5. The van der Waals surface area contributed by atoms with Crippen molar-refractivity contribution in [3.05, 3.63) is 70.8 Å². The van der Waals surface area contributed by atoms with Crippen LogP contribution in [-0.2, 0) is 6.42 Å². The van der Waals surface area contributed by atoms with Crippen LogP contribution in [0.5, 0.6) is 17.2 Å². The Hall–Kier alpha value is -3.01. The van der Waals surface area contributed by atoms with Gasteiger partial charge >= 0.3 is 0 Å². The Kier molecular flexibility index (Phi) is 5.42. The van der Waals surface area contributed by atoms with E-state index in [0.717, 1.165) is 11.1 Å². The topological polar surface area (TPSA) is 77.8 Å². The summed E-state index contributed by atoms with van der Waals surface area (Å²) in [6.45, 7) is 3.90. The van der Waals surface area contributed by atoms with Crippen LogP contribution < -0.4 is 0 Å². The fourth-order valence-corrected chi connectivity index (χ4v) is 2.14. The summed E-state index contributed by atoms with van der Waals surface area (Å²) in [5, 5.41) is 29.1. The highest BCUT2D eigenvalue weighted by atomic mass is 16.3. The molecule has 0 bridgehead atoms. The number of hydrogen-bond acceptors (Lipinski definition) is 4. The highest BCUT2D eigenvalue weighted by Crippen LogP contribution is 2.29. The molecule has 124 valence electrons. The van der Waals surface area contributed by atoms with E-state index >= 15 is 0 Å². The number of ketones is 1. The van der Waals surface area contributed by atoms with Gasteiger partial charge < -0.3 is 15.3 Å². The molecule has 0 aliphatic rings. The number of allylic oxidation sites excluding steroid dienone is 3. The van der Waals surface area contributed by atoms with Gasteiger partial charge in [0, 0.05) is 6.07 Å². The smallest absolute Gasteiger partial charge is 0.189 e. The van der Waals surface area contributed by atoms with Crippen LogP contribution in [0.2, 0.25) is 0 Å². The summed E-state index contributed by atoms with van der Waals surface area (Å²) in [7, 11) is 0. The molecule has 0 amide bonds. The molecule has 24 heavy (non-hydrogen) atoms. The van der Waals surface area contributed by atoms with Gasteiger partial charge in [0.15, 0.2) is 5.78 Å². The molecule has 3 N–H and O–H groups in total. The van der Waals surface area contributed by atoms with Gasteiger partial charge in [-0.15, -0.1) is 0 Å². The predicted molar refractivity (Wildman–Crippen MR) is 94.4 cm³/mol. The Morgan fingerprint density at radius 3 is 2.29 bits per heavy atom. The lowest BCUT2D eigenvalue weighted by atomic mass is 10.0. The Morgan fingerprint density at radius 2 is 1.67 bits per heavy atom. The van der Waals surface area contributed by atoms with E-state index < -0.39 is 0 Å². The van der Waals surface area contributed by atoms with E-state index in [9.17, 15) is 20.1 Å². The van der Waals surface area contributed by atoms with Gasteiger partial charge in [0.25, 0.3) is 0 Å². The van der Waals surface area contributed by atoms with Gasteiger partial charge in [-0.05, 0) is 55.7 Å². The number of hydrogen-bond donors (Lipinski definition) is 3. The Morgan fingerprint density at radius 1 is 1.00 bits per heavy atom. The van der Waals surface area contributed by atoms with Crippen LogP contribution in [0.3, 0.4) is 0 Å². The second-order valence-electron chi connectivity index (χ2n) is 5.77. The maximum absolute atomic E-state index is 12.3. The molecule has 0 heterocycles. The first kappa shape index (κ1) is 17.3. The molecule has 0 aromatic heterocycles. The zero-order valence-corrected chi connectivity index (χ0v) is 13.7. The molecule has 2 rings (SSSR count). The van der Waals surface area contributed by atoms with Crippen LogP contribution >= 0.6 is 0 Å². The minimum atomic E-state index is -0.362. The van der Waals surface area contributed by atoms with Gasteiger partial charge in [-0.3, -0.25) is 4.79 Å². The van der Waals surface area contributed by atoms with Crippen LogP contribution in [0.4, 0.5) is 0 Å². The lowest BCUT2D eigenvalue weighted by Crippen LogP contribution is -1.97. The van der Waals surface area contributed by atoms with Crippen molar-refractivity contribution >= 4 is 11.9 Å². The molecule has 0 saturated carbocycles. The minimum absolute atomic E-state index is 0.0379. The average molecular weight is 324 g/mol. The summed E-state index contributed by atoms with van der Waals surface area (Å²) in [6.07, 6.45) is 5.37. The highest BCUT2D eigenvalue weighted by molar-refractivity contribution is 6.08. The number of phenolic OH excluding ortho intramolecular Hbond substituents is 3. The molecule has 4 heteroatoms. The second-order valence-corrected chi connectivity index (χ2v) is 5.77. The van der Waals surface area contributed by atoms with Gasteiger partial charge in [0.2, 0.25) is 0 Å². The first-order valence-electron chi connectivity index (χ1n) is 7.56. The molecule has 4 nitrogen and oxygen atoms in total. The summed E-state index contributed by atoms with van der Waals surface area (Å²) >= 11 is 0. The van der Waals surface area contributed by atoms with Crippen LogP contribution in [0.1, 0.15) is 35.3 Å². The zero-order chi connectivity index (χ0) is 17.7. The van der Waals surface area contributed by atoms with Crippen molar-refractivity contribution in [3.8, 4) is 17.2 Å². The molecule has 0 fully saturated rings. The van der Waals surface area contributed by atoms with Crippen molar-refractivity contribution in [2.24, 2.45) is 0 Å². The lowest BCUT2D eigenvalue weighted by Gasteiger charge is -2.07. The maximum atomic E-state index is 12.3. The molecule has 0 unspecified atom stereocenters. The molecule has 0 spiro atoms. The monoisotopic (exact) mass is 324 g/mol. The number of benzene rings is 2. The summed E-state index contributed by atoms with van der Waals surface area (Å²) in [4.78, 5) is 12.3. The number of carbonyl (C=O) groups is 1. The molecule has 0 aliphatic heterocycles. The average Bonchev–Trinajstić information content (AvgIpc) is 2.53. The summed E-state index contributed by atoms with van der Waals surface area (Å²) in [6, 6.07) is 9.11. The van der Waals surface area contributed by atoms with Gasteiger partial charge in [-0.25, -0.2) is 0 Å². The number of carbonyl (C=O) groups excluding carboxylic acids is 1.